The quantitative estimate of drug-likeness (QED) is 0.434. The second-order valence-corrected chi connectivity index (χ2v) is 7.81. The van der Waals surface area contributed by atoms with Crippen LogP contribution in [0.15, 0.2) is 97.1 Å². The number of aromatic nitrogens is 1. The summed E-state index contributed by atoms with van der Waals surface area (Å²) >= 11 is 0. The molecule has 3 aromatic carbocycles. The zero-order valence-electron chi connectivity index (χ0n) is 16.7. The number of aryl methyl sites for hydroxylation is 1. The molecule has 1 atom stereocenters. The first-order chi connectivity index (χ1) is 14.2. The molecule has 0 N–H and O–H groups in total. The van der Waals surface area contributed by atoms with Crippen molar-refractivity contribution in [2.45, 2.75) is 25.3 Å². The molecule has 1 aliphatic rings. The maximum atomic E-state index is 13.6. The molecule has 0 unspecified atom stereocenters. The zero-order chi connectivity index (χ0) is 20.0. The van der Waals surface area contributed by atoms with Crippen molar-refractivity contribution < 1.29 is 4.79 Å². The van der Waals surface area contributed by atoms with Crippen molar-refractivity contribution in [2.24, 2.45) is 0 Å². The Labute approximate surface area is 171 Å². The van der Waals surface area contributed by atoms with E-state index < -0.39 is 5.41 Å². The molecule has 2 nitrogen and oxygen atoms in total. The number of allylic oxidation sites excluding steroid dienone is 2. The van der Waals surface area contributed by atoms with Crippen LogP contribution in [-0.2, 0) is 10.2 Å². The molecule has 1 aromatic heterocycles. The van der Waals surface area contributed by atoms with Crippen molar-refractivity contribution in [3.05, 3.63) is 119 Å². The zero-order valence-corrected chi connectivity index (χ0v) is 16.7. The molecule has 0 saturated heterocycles. The van der Waals surface area contributed by atoms with Gasteiger partial charge in [-0.3, -0.25) is 4.79 Å². The van der Waals surface area contributed by atoms with Gasteiger partial charge in [0.15, 0.2) is 5.78 Å². The van der Waals surface area contributed by atoms with Crippen LogP contribution in [0, 0.1) is 13.8 Å². The van der Waals surface area contributed by atoms with E-state index in [9.17, 15) is 4.79 Å². The van der Waals surface area contributed by atoms with E-state index in [1.165, 1.54) is 22.2 Å². The standard InChI is InChI=1S/C27H23NO/c1-19-20(2)28(24-16-10-9-15-23(19)24)25-17-18-26(29)27(25,21-11-5-3-6-12-21)22-13-7-4-8-14-22/h3-18,25H,1-2H3/t25-/m0/s1. The van der Waals surface area contributed by atoms with Gasteiger partial charge in [0, 0.05) is 16.6 Å². The Morgan fingerprint density at radius 2 is 1.31 bits per heavy atom. The van der Waals surface area contributed by atoms with Gasteiger partial charge in [0.25, 0.3) is 0 Å². The lowest BCUT2D eigenvalue weighted by molar-refractivity contribution is -0.118. The first-order valence-electron chi connectivity index (χ1n) is 10.1. The molecule has 2 heteroatoms. The van der Waals surface area contributed by atoms with E-state index in [1.54, 1.807) is 6.08 Å². The Morgan fingerprint density at radius 1 is 0.759 bits per heavy atom. The van der Waals surface area contributed by atoms with Crippen LogP contribution in [0.5, 0.6) is 0 Å². The summed E-state index contributed by atoms with van der Waals surface area (Å²) in [6, 6.07) is 28.8. The van der Waals surface area contributed by atoms with Crippen LogP contribution in [0.4, 0.5) is 0 Å². The highest BCUT2D eigenvalue weighted by atomic mass is 16.1. The summed E-state index contributed by atoms with van der Waals surface area (Å²) in [5.41, 5.74) is 4.92. The van der Waals surface area contributed by atoms with Crippen LogP contribution in [0.25, 0.3) is 10.9 Å². The number of rotatable bonds is 3. The molecule has 0 saturated carbocycles. The summed E-state index contributed by atoms with van der Waals surface area (Å²) in [5, 5.41) is 1.24. The smallest absolute Gasteiger partial charge is 0.172 e. The predicted molar refractivity (Wildman–Crippen MR) is 118 cm³/mol. The number of nitrogens with zero attached hydrogens (tertiary/aromatic N) is 1. The second kappa shape index (κ2) is 6.59. The third kappa shape index (κ3) is 2.39. The van der Waals surface area contributed by atoms with Crippen molar-refractivity contribution >= 4 is 16.7 Å². The van der Waals surface area contributed by atoms with E-state index >= 15 is 0 Å². The molecular weight excluding hydrogens is 354 g/mol. The van der Waals surface area contributed by atoms with E-state index in [0.29, 0.717) is 0 Å². The summed E-state index contributed by atoms with van der Waals surface area (Å²) in [6.45, 7) is 4.33. The number of hydrogen-bond acceptors (Lipinski definition) is 1. The fourth-order valence-corrected chi connectivity index (χ4v) is 4.99. The second-order valence-electron chi connectivity index (χ2n) is 7.81. The van der Waals surface area contributed by atoms with Crippen LogP contribution in [0.3, 0.4) is 0 Å². The van der Waals surface area contributed by atoms with Gasteiger partial charge in [-0.1, -0.05) is 84.9 Å². The molecule has 5 rings (SSSR count). The molecule has 0 radical (unpaired) electrons. The van der Waals surface area contributed by atoms with Crippen LogP contribution < -0.4 is 0 Å². The molecule has 29 heavy (non-hydrogen) atoms. The van der Waals surface area contributed by atoms with Crippen LogP contribution >= 0.6 is 0 Å². The summed E-state index contributed by atoms with van der Waals surface area (Å²) < 4.78 is 2.35. The van der Waals surface area contributed by atoms with Gasteiger partial charge in [-0.05, 0) is 42.7 Å². The fourth-order valence-electron chi connectivity index (χ4n) is 4.99. The van der Waals surface area contributed by atoms with Crippen molar-refractivity contribution in [1.82, 2.24) is 4.57 Å². The Morgan fingerprint density at radius 3 is 1.93 bits per heavy atom. The lowest BCUT2D eigenvalue weighted by atomic mass is 9.69. The van der Waals surface area contributed by atoms with E-state index in [0.717, 1.165) is 11.1 Å². The third-order valence-electron chi connectivity index (χ3n) is 6.47. The maximum absolute atomic E-state index is 13.6. The highest BCUT2D eigenvalue weighted by Crippen LogP contribution is 2.49. The van der Waals surface area contributed by atoms with Gasteiger partial charge in [0.1, 0.15) is 5.41 Å². The number of para-hydroxylation sites is 1. The lowest BCUT2D eigenvalue weighted by Gasteiger charge is -2.37. The van der Waals surface area contributed by atoms with E-state index in [1.807, 2.05) is 36.4 Å². The predicted octanol–water partition coefficient (Wildman–Crippen LogP) is 5.92. The largest absolute Gasteiger partial charge is 0.336 e. The maximum Gasteiger partial charge on any atom is 0.172 e. The number of fused-ring (bicyclic) bond motifs is 1. The SMILES string of the molecule is Cc1c(C)n([C@H]2C=CC(=O)C2(c2ccccc2)c2ccccc2)c2ccccc12. The van der Waals surface area contributed by atoms with Gasteiger partial charge in [0.2, 0.25) is 0 Å². The number of benzene rings is 3. The van der Waals surface area contributed by atoms with E-state index in [2.05, 4.69) is 73.0 Å². The van der Waals surface area contributed by atoms with Crippen molar-refractivity contribution in [1.29, 1.82) is 0 Å². The summed E-state index contributed by atoms with van der Waals surface area (Å²) in [7, 11) is 0. The van der Waals surface area contributed by atoms with E-state index in [4.69, 9.17) is 0 Å². The number of carbonyl (C=O) groups is 1. The molecule has 0 aliphatic heterocycles. The Hall–Kier alpha value is -3.39. The Balaban J connectivity index is 1.87. The number of ketones is 1. The summed E-state index contributed by atoms with van der Waals surface area (Å²) in [4.78, 5) is 13.6. The average molecular weight is 377 g/mol. The molecule has 1 aliphatic carbocycles. The molecule has 142 valence electrons. The summed E-state index contributed by atoms with van der Waals surface area (Å²) in [5.74, 6) is 0.134. The van der Waals surface area contributed by atoms with Gasteiger partial charge >= 0.3 is 0 Å². The monoisotopic (exact) mass is 377 g/mol. The minimum absolute atomic E-state index is 0.126. The number of hydrogen-bond donors (Lipinski definition) is 0. The number of carbonyl (C=O) groups excluding carboxylic acids is 1. The molecular formula is C27H23NO. The van der Waals surface area contributed by atoms with Gasteiger partial charge in [-0.15, -0.1) is 0 Å². The molecule has 0 spiro atoms. The molecule has 0 bridgehead atoms. The molecule has 0 amide bonds. The van der Waals surface area contributed by atoms with Crippen molar-refractivity contribution in [2.75, 3.05) is 0 Å². The minimum atomic E-state index is -0.776. The van der Waals surface area contributed by atoms with E-state index in [-0.39, 0.29) is 11.8 Å². The van der Waals surface area contributed by atoms with Gasteiger partial charge in [-0.25, -0.2) is 0 Å². The summed E-state index contributed by atoms with van der Waals surface area (Å²) in [6.07, 6.45) is 3.86. The first-order valence-corrected chi connectivity index (χ1v) is 10.1. The van der Waals surface area contributed by atoms with Gasteiger partial charge < -0.3 is 4.57 Å². The molecule has 0 fully saturated rings. The third-order valence-corrected chi connectivity index (χ3v) is 6.47. The van der Waals surface area contributed by atoms with Crippen molar-refractivity contribution in [3.8, 4) is 0 Å². The van der Waals surface area contributed by atoms with Gasteiger partial charge in [-0.2, -0.15) is 0 Å². The normalized spacial score (nSPS) is 17.9. The topological polar surface area (TPSA) is 22.0 Å². The van der Waals surface area contributed by atoms with Crippen LogP contribution in [0.1, 0.15) is 28.4 Å². The van der Waals surface area contributed by atoms with Crippen LogP contribution in [0.2, 0.25) is 0 Å². The highest BCUT2D eigenvalue weighted by molar-refractivity contribution is 6.05. The molecule has 4 aromatic rings. The Kier molecular flexibility index (Phi) is 4.02. The lowest BCUT2D eigenvalue weighted by Crippen LogP contribution is -2.41. The Bertz CT molecular complexity index is 1190. The highest BCUT2D eigenvalue weighted by Gasteiger charge is 2.51. The molecule has 1 heterocycles. The fraction of sp³-hybridized carbons (Fsp3) is 0.148. The van der Waals surface area contributed by atoms with Gasteiger partial charge in [0.05, 0.1) is 6.04 Å². The minimum Gasteiger partial charge on any atom is -0.336 e. The van der Waals surface area contributed by atoms with Crippen molar-refractivity contribution in [3.63, 3.8) is 0 Å². The average Bonchev–Trinajstić information content (AvgIpc) is 3.24. The first kappa shape index (κ1) is 17.7. The van der Waals surface area contributed by atoms with Crippen LogP contribution in [-0.4, -0.2) is 10.4 Å².